The van der Waals surface area contributed by atoms with Crippen molar-refractivity contribution >= 4 is 23.3 Å². The topological polar surface area (TPSA) is 93.2 Å². The minimum absolute atomic E-state index is 0.0285. The molecule has 0 spiro atoms. The third-order valence-corrected chi connectivity index (χ3v) is 4.16. The van der Waals surface area contributed by atoms with Crippen LogP contribution in [-0.4, -0.2) is 47.9 Å². The summed E-state index contributed by atoms with van der Waals surface area (Å²) in [5.41, 5.74) is 1.72. The van der Waals surface area contributed by atoms with Crippen LogP contribution < -0.4 is 10.2 Å². The first-order valence-electron chi connectivity index (χ1n) is 7.79. The van der Waals surface area contributed by atoms with Gasteiger partial charge >= 0.3 is 0 Å². The van der Waals surface area contributed by atoms with E-state index in [9.17, 15) is 4.79 Å². The van der Waals surface area contributed by atoms with Gasteiger partial charge in [0, 0.05) is 31.4 Å². The van der Waals surface area contributed by atoms with Crippen LogP contribution in [0.25, 0.3) is 5.78 Å². The number of carbonyl (C=O) groups excluding carboxylic acids is 1. The maximum absolute atomic E-state index is 12.8. The van der Waals surface area contributed by atoms with Gasteiger partial charge in [-0.3, -0.25) is 14.4 Å². The zero-order valence-corrected chi connectivity index (χ0v) is 13.8. The lowest BCUT2D eigenvalue weighted by Gasteiger charge is -2.17. The van der Waals surface area contributed by atoms with Crippen LogP contribution in [0.4, 0.5) is 11.6 Å². The van der Waals surface area contributed by atoms with Crippen molar-refractivity contribution in [2.24, 2.45) is 7.05 Å². The summed E-state index contributed by atoms with van der Waals surface area (Å²) in [6.07, 6.45) is 2.16. The second-order valence-electron chi connectivity index (χ2n) is 6.00. The van der Waals surface area contributed by atoms with Crippen LogP contribution in [0.2, 0.25) is 0 Å². The van der Waals surface area contributed by atoms with Gasteiger partial charge < -0.3 is 5.32 Å². The number of nitrogens with one attached hydrogen (secondary N) is 1. The van der Waals surface area contributed by atoms with E-state index in [1.54, 1.807) is 14.1 Å². The smallest absolute Gasteiger partial charge is 0.254 e. The van der Waals surface area contributed by atoms with E-state index in [0.717, 1.165) is 23.0 Å². The fourth-order valence-corrected chi connectivity index (χ4v) is 3.10. The molecule has 3 aromatic rings. The number of aromatic nitrogens is 6. The van der Waals surface area contributed by atoms with Gasteiger partial charge in [0.25, 0.3) is 11.7 Å². The van der Waals surface area contributed by atoms with Crippen molar-refractivity contribution in [3.05, 3.63) is 29.8 Å². The Bertz CT molecular complexity index is 927. The zero-order valence-electron chi connectivity index (χ0n) is 13.8. The Morgan fingerprint density at radius 3 is 2.83 bits per heavy atom. The second kappa shape index (κ2) is 5.29. The quantitative estimate of drug-likeness (QED) is 0.761. The van der Waals surface area contributed by atoms with Crippen molar-refractivity contribution in [1.29, 1.82) is 0 Å². The third kappa shape index (κ3) is 2.29. The number of anilines is 2. The molecule has 0 radical (unpaired) electrons. The predicted molar refractivity (Wildman–Crippen MR) is 87.8 cm³/mol. The van der Waals surface area contributed by atoms with Crippen LogP contribution in [0.3, 0.4) is 0 Å². The van der Waals surface area contributed by atoms with Crippen LogP contribution in [0.1, 0.15) is 17.8 Å². The lowest BCUT2D eigenvalue weighted by atomic mass is 10.2. The molecule has 1 N–H and O–H groups in total. The van der Waals surface area contributed by atoms with E-state index >= 15 is 0 Å². The maximum atomic E-state index is 12.8. The molecule has 1 fully saturated rings. The number of nitrogens with zero attached hydrogens (tertiary/aromatic N) is 7. The standard InChI is InChI=1S/C15H18N8O/c1-9-6-12(23-15(18-9)16-8-17-23)19-11-4-5-22(14(11)24)13-7-10(2)20-21(13)3/h6-8,11,19H,4-5H2,1-3H3. The molecule has 0 saturated carbocycles. The molecule has 0 bridgehead atoms. The van der Waals surface area contributed by atoms with Gasteiger partial charge in [0.1, 0.15) is 24.0 Å². The van der Waals surface area contributed by atoms with Gasteiger partial charge in [-0.25, -0.2) is 4.98 Å². The van der Waals surface area contributed by atoms with Crippen molar-refractivity contribution in [3.8, 4) is 0 Å². The Labute approximate surface area is 138 Å². The number of fused-ring (bicyclic) bond motifs is 1. The summed E-state index contributed by atoms with van der Waals surface area (Å²) in [5.74, 6) is 2.08. The van der Waals surface area contributed by atoms with Gasteiger partial charge in [-0.1, -0.05) is 0 Å². The highest BCUT2D eigenvalue weighted by Gasteiger charge is 2.34. The van der Waals surface area contributed by atoms with E-state index in [-0.39, 0.29) is 11.9 Å². The van der Waals surface area contributed by atoms with E-state index < -0.39 is 0 Å². The SMILES string of the molecule is Cc1cc(NC2CCN(c3cc(C)nn3C)C2=O)n2ncnc2n1. The summed E-state index contributed by atoms with van der Waals surface area (Å²) >= 11 is 0. The van der Waals surface area contributed by atoms with E-state index in [1.165, 1.54) is 6.33 Å². The first-order chi connectivity index (χ1) is 11.5. The second-order valence-corrected chi connectivity index (χ2v) is 6.00. The van der Waals surface area contributed by atoms with Crippen molar-refractivity contribution in [1.82, 2.24) is 29.4 Å². The average Bonchev–Trinajstić information content (AvgIpc) is 3.20. The molecule has 1 saturated heterocycles. The van der Waals surface area contributed by atoms with E-state index in [4.69, 9.17) is 0 Å². The Morgan fingerprint density at radius 1 is 1.25 bits per heavy atom. The highest BCUT2D eigenvalue weighted by molar-refractivity contribution is 6.00. The molecule has 24 heavy (non-hydrogen) atoms. The monoisotopic (exact) mass is 326 g/mol. The summed E-state index contributed by atoms with van der Waals surface area (Å²) in [6, 6.07) is 3.48. The number of carbonyl (C=O) groups is 1. The van der Waals surface area contributed by atoms with E-state index in [2.05, 4.69) is 25.5 Å². The molecule has 9 heteroatoms. The minimum Gasteiger partial charge on any atom is -0.358 e. The van der Waals surface area contributed by atoms with Gasteiger partial charge in [-0.05, 0) is 20.3 Å². The van der Waals surface area contributed by atoms with Crippen LogP contribution >= 0.6 is 0 Å². The highest BCUT2D eigenvalue weighted by Crippen LogP contribution is 2.24. The van der Waals surface area contributed by atoms with E-state index in [0.29, 0.717) is 18.7 Å². The maximum Gasteiger partial charge on any atom is 0.254 e. The third-order valence-electron chi connectivity index (χ3n) is 4.16. The normalized spacial score (nSPS) is 17.9. The van der Waals surface area contributed by atoms with Crippen LogP contribution in [0, 0.1) is 13.8 Å². The van der Waals surface area contributed by atoms with Crippen molar-refractivity contribution in [3.63, 3.8) is 0 Å². The molecule has 0 aliphatic carbocycles. The molecule has 0 aromatic carbocycles. The molecule has 1 aliphatic heterocycles. The summed E-state index contributed by atoms with van der Waals surface area (Å²) in [5, 5.41) is 11.8. The Morgan fingerprint density at radius 2 is 2.08 bits per heavy atom. The molecule has 9 nitrogen and oxygen atoms in total. The number of amides is 1. The molecule has 124 valence electrons. The predicted octanol–water partition coefficient (Wildman–Crippen LogP) is 0.692. The summed E-state index contributed by atoms with van der Waals surface area (Å²) in [7, 11) is 1.85. The Hall–Kier alpha value is -2.97. The molecular weight excluding hydrogens is 308 g/mol. The number of rotatable bonds is 3. The molecule has 3 aromatic heterocycles. The van der Waals surface area contributed by atoms with Crippen molar-refractivity contribution < 1.29 is 4.79 Å². The number of hydrogen-bond acceptors (Lipinski definition) is 6. The van der Waals surface area contributed by atoms with Crippen molar-refractivity contribution in [2.45, 2.75) is 26.3 Å². The average molecular weight is 326 g/mol. The minimum atomic E-state index is -0.311. The van der Waals surface area contributed by atoms with Gasteiger partial charge in [0.05, 0.1) is 5.69 Å². The summed E-state index contributed by atoms with van der Waals surface area (Å²) < 4.78 is 3.35. The molecule has 1 unspecified atom stereocenters. The highest BCUT2D eigenvalue weighted by atomic mass is 16.2. The Balaban J connectivity index is 1.61. The van der Waals surface area contributed by atoms with Gasteiger partial charge in [0.15, 0.2) is 0 Å². The fourth-order valence-electron chi connectivity index (χ4n) is 3.10. The zero-order chi connectivity index (χ0) is 16.8. The molecule has 1 atom stereocenters. The molecule has 1 amide bonds. The van der Waals surface area contributed by atoms with Gasteiger partial charge in [-0.2, -0.15) is 19.7 Å². The van der Waals surface area contributed by atoms with Crippen molar-refractivity contribution in [2.75, 3.05) is 16.8 Å². The first kappa shape index (κ1) is 14.6. The van der Waals surface area contributed by atoms with E-state index in [1.807, 2.05) is 33.0 Å². The lowest BCUT2D eigenvalue weighted by Crippen LogP contribution is -2.35. The molecule has 1 aliphatic rings. The van der Waals surface area contributed by atoms with Gasteiger partial charge in [0.2, 0.25) is 0 Å². The summed E-state index contributed by atoms with van der Waals surface area (Å²) in [4.78, 5) is 23.0. The van der Waals surface area contributed by atoms with Crippen LogP contribution in [-0.2, 0) is 11.8 Å². The lowest BCUT2D eigenvalue weighted by molar-refractivity contribution is -0.117. The first-order valence-corrected chi connectivity index (χ1v) is 7.79. The fraction of sp³-hybridized carbons (Fsp3) is 0.400. The number of hydrogen-bond donors (Lipinski definition) is 1. The Kier molecular flexibility index (Phi) is 3.22. The molecule has 4 rings (SSSR count). The molecular formula is C15H18N8O. The number of aryl methyl sites for hydroxylation is 3. The molecule has 4 heterocycles. The van der Waals surface area contributed by atoms with Crippen LogP contribution in [0.5, 0.6) is 0 Å². The van der Waals surface area contributed by atoms with Gasteiger partial charge in [-0.15, -0.1) is 0 Å². The summed E-state index contributed by atoms with van der Waals surface area (Å²) in [6.45, 7) is 4.46. The van der Waals surface area contributed by atoms with Crippen LogP contribution in [0.15, 0.2) is 18.5 Å². The largest absolute Gasteiger partial charge is 0.358 e.